The van der Waals surface area contributed by atoms with Gasteiger partial charge in [-0.1, -0.05) is 26.0 Å². The van der Waals surface area contributed by atoms with Crippen LogP contribution in [0.2, 0.25) is 0 Å². The number of hydrogen-bond donors (Lipinski definition) is 0. The summed E-state index contributed by atoms with van der Waals surface area (Å²) in [6, 6.07) is 9.57. The number of ketones is 1. The molecule has 1 aliphatic heterocycles. The van der Waals surface area contributed by atoms with Crippen molar-refractivity contribution in [1.29, 1.82) is 0 Å². The van der Waals surface area contributed by atoms with Crippen molar-refractivity contribution in [1.82, 2.24) is 4.98 Å². The van der Waals surface area contributed by atoms with Crippen LogP contribution in [0, 0.1) is 5.82 Å². The first-order valence-corrected chi connectivity index (χ1v) is 10.3. The predicted molar refractivity (Wildman–Crippen MR) is 111 cm³/mol. The third kappa shape index (κ3) is 5.68. The first-order valence-electron chi connectivity index (χ1n) is 10.3. The molecule has 2 heterocycles. The highest BCUT2D eigenvalue weighted by Gasteiger charge is 2.26. The zero-order chi connectivity index (χ0) is 20.8. The molecule has 1 aromatic heterocycles. The number of carbonyl (C=O) groups excluding carboxylic acids is 1. The van der Waals surface area contributed by atoms with Gasteiger partial charge in [-0.15, -0.1) is 0 Å². The summed E-state index contributed by atoms with van der Waals surface area (Å²) in [6.45, 7) is 7.57. The third-order valence-electron chi connectivity index (χ3n) is 5.10. The van der Waals surface area contributed by atoms with Crippen molar-refractivity contribution in [2.45, 2.75) is 52.1 Å². The average molecular weight is 400 g/mol. The van der Waals surface area contributed by atoms with Gasteiger partial charge in [0.05, 0.1) is 25.0 Å². The van der Waals surface area contributed by atoms with E-state index < -0.39 is 0 Å². The Hall–Kier alpha value is -2.63. The molecule has 1 unspecified atom stereocenters. The second-order valence-electron chi connectivity index (χ2n) is 7.67. The van der Waals surface area contributed by atoms with Gasteiger partial charge in [0, 0.05) is 25.5 Å². The van der Waals surface area contributed by atoms with Crippen molar-refractivity contribution < 1.29 is 18.7 Å². The monoisotopic (exact) mass is 400 g/mol. The van der Waals surface area contributed by atoms with E-state index in [1.54, 1.807) is 13.0 Å². The summed E-state index contributed by atoms with van der Waals surface area (Å²) >= 11 is 0. The van der Waals surface area contributed by atoms with Gasteiger partial charge < -0.3 is 19.2 Å². The van der Waals surface area contributed by atoms with Crippen LogP contribution in [0.3, 0.4) is 0 Å². The molecule has 3 rings (SSSR count). The first kappa shape index (κ1) is 21.1. The van der Waals surface area contributed by atoms with Crippen LogP contribution in [0.4, 0.5) is 10.1 Å². The molecule has 0 saturated carbocycles. The molecule has 2 aromatic rings. The molecule has 1 aliphatic rings. The number of Topliss-reactive ketones (excluding diaryl/α,β-unsaturated/α-hetero) is 1. The Bertz CT molecular complexity index is 825. The van der Waals surface area contributed by atoms with Gasteiger partial charge in [-0.05, 0) is 37.0 Å². The summed E-state index contributed by atoms with van der Waals surface area (Å²) in [6.07, 6.45) is 3.44. The lowest BCUT2D eigenvalue weighted by molar-refractivity contribution is -0.117. The summed E-state index contributed by atoms with van der Waals surface area (Å²) in [5.74, 6) is 1.27. The smallest absolute Gasteiger partial charge is 0.215 e. The Morgan fingerprint density at radius 3 is 2.79 bits per heavy atom. The Morgan fingerprint density at radius 1 is 1.34 bits per heavy atom. The second kappa shape index (κ2) is 9.72. The minimum atomic E-state index is -0.349. The van der Waals surface area contributed by atoms with E-state index in [2.05, 4.69) is 4.98 Å². The molecule has 0 amide bonds. The molecule has 2 atom stereocenters. The zero-order valence-corrected chi connectivity index (χ0v) is 17.4. The van der Waals surface area contributed by atoms with Crippen LogP contribution in [-0.4, -0.2) is 36.6 Å². The highest BCUT2D eigenvalue weighted by atomic mass is 19.1. The Labute approximate surface area is 171 Å². The van der Waals surface area contributed by atoms with Gasteiger partial charge in [0.15, 0.2) is 5.82 Å². The van der Waals surface area contributed by atoms with Crippen LogP contribution < -0.4 is 14.4 Å². The topological polar surface area (TPSA) is 51.7 Å². The van der Waals surface area contributed by atoms with Crippen molar-refractivity contribution in [3.8, 4) is 11.6 Å². The number of carbonyl (C=O) groups is 1. The molecule has 1 aromatic carbocycles. The summed E-state index contributed by atoms with van der Waals surface area (Å²) in [5.41, 5.74) is 1.63. The van der Waals surface area contributed by atoms with Gasteiger partial charge in [0.25, 0.3) is 0 Å². The maximum atomic E-state index is 14.3. The molecule has 0 N–H and O–H groups in total. The Kier molecular flexibility index (Phi) is 7.07. The largest absolute Gasteiger partial charge is 0.489 e. The zero-order valence-electron chi connectivity index (χ0n) is 17.4. The fraction of sp³-hybridized carbons (Fsp3) is 0.478. The highest BCUT2D eigenvalue weighted by Crippen LogP contribution is 2.29. The van der Waals surface area contributed by atoms with E-state index in [0.717, 1.165) is 24.2 Å². The molecule has 0 aliphatic carbocycles. The summed E-state index contributed by atoms with van der Waals surface area (Å²) in [5, 5.41) is 0. The van der Waals surface area contributed by atoms with Gasteiger partial charge in [-0.25, -0.2) is 9.37 Å². The number of hydrogen-bond acceptors (Lipinski definition) is 5. The molecule has 0 spiro atoms. The molecule has 156 valence electrons. The number of pyridine rings is 1. The number of rotatable bonds is 9. The first-order chi connectivity index (χ1) is 14.0. The van der Waals surface area contributed by atoms with Gasteiger partial charge in [0.2, 0.25) is 5.88 Å². The van der Waals surface area contributed by atoms with Crippen molar-refractivity contribution in [3.05, 3.63) is 47.9 Å². The lowest BCUT2D eigenvalue weighted by Gasteiger charge is -2.20. The van der Waals surface area contributed by atoms with Crippen LogP contribution in [0.1, 0.15) is 51.5 Å². The molecule has 1 saturated heterocycles. The van der Waals surface area contributed by atoms with Crippen LogP contribution in [0.25, 0.3) is 0 Å². The molecular formula is C23H29FN2O3. The quantitative estimate of drug-likeness (QED) is 0.608. The molecule has 6 heteroatoms. The SMILES string of the molecule is CCCOc1cc(N2CCC(Oc3ccc([C@H](C)CC(C)=O)cc3)C2)c(F)cn1. The van der Waals surface area contributed by atoms with Crippen molar-refractivity contribution >= 4 is 11.5 Å². The lowest BCUT2D eigenvalue weighted by atomic mass is 9.96. The molecule has 29 heavy (non-hydrogen) atoms. The van der Waals surface area contributed by atoms with Crippen molar-refractivity contribution in [2.24, 2.45) is 0 Å². The fourth-order valence-electron chi connectivity index (χ4n) is 3.60. The second-order valence-corrected chi connectivity index (χ2v) is 7.67. The maximum Gasteiger partial charge on any atom is 0.215 e. The van der Waals surface area contributed by atoms with E-state index in [1.807, 2.05) is 43.0 Å². The number of halogens is 1. The highest BCUT2D eigenvalue weighted by molar-refractivity contribution is 5.76. The number of nitrogens with zero attached hydrogens (tertiary/aromatic N) is 2. The molecule has 5 nitrogen and oxygen atoms in total. The normalized spacial score (nSPS) is 17.2. The number of benzene rings is 1. The fourth-order valence-corrected chi connectivity index (χ4v) is 3.60. The van der Waals surface area contributed by atoms with Crippen LogP contribution in [0.5, 0.6) is 11.6 Å². The average Bonchev–Trinajstić information content (AvgIpc) is 3.15. The number of anilines is 1. The lowest BCUT2D eigenvalue weighted by Crippen LogP contribution is -2.25. The van der Waals surface area contributed by atoms with E-state index >= 15 is 0 Å². The number of ether oxygens (including phenoxy) is 2. The number of aromatic nitrogens is 1. The molecule has 1 fully saturated rings. The standard InChI is InChI=1S/C23H29FN2O3/c1-4-11-28-23-13-22(21(24)14-25-23)26-10-9-20(15-26)29-19-7-5-18(6-8-19)16(2)12-17(3)27/h5-8,13-14,16,20H,4,9-12,15H2,1-3H3/t16-,20?/m1/s1. The third-order valence-corrected chi connectivity index (χ3v) is 5.10. The van der Waals surface area contributed by atoms with E-state index in [1.165, 1.54) is 6.20 Å². The minimum absolute atomic E-state index is 0.0110. The Balaban J connectivity index is 1.59. The summed E-state index contributed by atoms with van der Waals surface area (Å²) in [7, 11) is 0. The van der Waals surface area contributed by atoms with Gasteiger partial charge in [0.1, 0.15) is 17.6 Å². The molecule has 0 radical (unpaired) electrons. The van der Waals surface area contributed by atoms with Crippen LogP contribution in [-0.2, 0) is 4.79 Å². The molecule has 0 bridgehead atoms. The van der Waals surface area contributed by atoms with Gasteiger partial charge >= 0.3 is 0 Å². The Morgan fingerprint density at radius 2 is 2.10 bits per heavy atom. The van der Waals surface area contributed by atoms with Crippen LogP contribution in [0.15, 0.2) is 36.5 Å². The van der Waals surface area contributed by atoms with Crippen molar-refractivity contribution in [3.63, 3.8) is 0 Å². The van der Waals surface area contributed by atoms with E-state index in [-0.39, 0.29) is 23.6 Å². The maximum absolute atomic E-state index is 14.3. The summed E-state index contributed by atoms with van der Waals surface area (Å²) < 4.78 is 25.9. The van der Waals surface area contributed by atoms with E-state index in [4.69, 9.17) is 9.47 Å². The van der Waals surface area contributed by atoms with Gasteiger partial charge in [-0.2, -0.15) is 0 Å². The summed E-state index contributed by atoms with van der Waals surface area (Å²) in [4.78, 5) is 17.3. The van der Waals surface area contributed by atoms with E-state index in [0.29, 0.717) is 37.7 Å². The van der Waals surface area contributed by atoms with Crippen LogP contribution >= 0.6 is 0 Å². The van der Waals surface area contributed by atoms with Gasteiger partial charge in [-0.3, -0.25) is 0 Å². The minimum Gasteiger partial charge on any atom is -0.489 e. The van der Waals surface area contributed by atoms with E-state index in [9.17, 15) is 9.18 Å². The predicted octanol–water partition coefficient (Wildman–Crippen LogP) is 4.75. The molecular weight excluding hydrogens is 371 g/mol. The van der Waals surface area contributed by atoms with Crippen molar-refractivity contribution in [2.75, 3.05) is 24.6 Å².